The highest BCUT2D eigenvalue weighted by atomic mass is 16.5. The number of rotatable bonds is 8. The van der Waals surface area contributed by atoms with E-state index in [1.807, 2.05) is 73.7 Å². The Morgan fingerprint density at radius 1 is 1.02 bits per heavy atom. The predicted molar refractivity (Wildman–Crippen MR) is 163 cm³/mol. The summed E-state index contributed by atoms with van der Waals surface area (Å²) in [6, 6.07) is 20.8. The number of nitrogens with one attached hydrogen (secondary N) is 2. The molecule has 1 saturated heterocycles. The van der Waals surface area contributed by atoms with Crippen molar-refractivity contribution in [3.8, 4) is 16.9 Å². The number of ether oxygens (including phenoxy) is 2. The maximum atomic E-state index is 13.0. The van der Waals surface area contributed by atoms with Crippen molar-refractivity contribution in [2.24, 2.45) is 0 Å². The summed E-state index contributed by atoms with van der Waals surface area (Å²) in [5, 5.41) is 17.8. The van der Waals surface area contributed by atoms with Crippen molar-refractivity contribution in [3.05, 3.63) is 89.6 Å². The lowest BCUT2D eigenvalue weighted by Gasteiger charge is -2.33. The molecule has 0 aliphatic carbocycles. The Kier molecular flexibility index (Phi) is 9.00. The fourth-order valence-electron chi connectivity index (χ4n) is 5.47. The molecule has 5 rings (SSSR count). The van der Waals surface area contributed by atoms with Crippen molar-refractivity contribution in [1.29, 1.82) is 0 Å². The highest BCUT2D eigenvalue weighted by Crippen LogP contribution is 2.29. The van der Waals surface area contributed by atoms with Crippen LogP contribution in [0.4, 0.5) is 10.5 Å². The number of aliphatic hydroxyl groups excluding tert-OH is 1. The van der Waals surface area contributed by atoms with E-state index in [-0.39, 0.29) is 11.9 Å². The van der Waals surface area contributed by atoms with E-state index < -0.39 is 12.2 Å². The van der Waals surface area contributed by atoms with Crippen LogP contribution >= 0.6 is 0 Å². The Balaban J connectivity index is 1.14. The molecule has 4 aromatic rings. The summed E-state index contributed by atoms with van der Waals surface area (Å²) in [6.45, 7) is 4.05. The Morgan fingerprint density at radius 3 is 2.48 bits per heavy atom. The lowest BCUT2D eigenvalue weighted by atomic mass is 9.98. The van der Waals surface area contributed by atoms with Crippen molar-refractivity contribution in [2.45, 2.75) is 31.9 Å². The second-order valence-electron chi connectivity index (χ2n) is 10.6. The fourth-order valence-corrected chi connectivity index (χ4v) is 5.47. The maximum absolute atomic E-state index is 13.0. The predicted octanol–water partition coefficient (Wildman–Crippen LogP) is 5.32. The number of amides is 2. The minimum Gasteiger partial charge on any atom is -0.497 e. The van der Waals surface area contributed by atoms with Crippen LogP contribution in [0.3, 0.4) is 0 Å². The Labute approximate surface area is 245 Å². The third kappa shape index (κ3) is 6.70. The van der Waals surface area contributed by atoms with E-state index in [2.05, 4.69) is 25.3 Å². The minimum absolute atomic E-state index is 0.0775. The molecular formula is C33H36N4O5. The van der Waals surface area contributed by atoms with Crippen LogP contribution in [0, 0.1) is 6.92 Å². The monoisotopic (exact) mass is 568 g/mol. The lowest BCUT2D eigenvalue weighted by Crippen LogP contribution is -2.45. The number of aliphatic hydroxyl groups is 1. The zero-order valence-corrected chi connectivity index (χ0v) is 24.1. The van der Waals surface area contributed by atoms with Gasteiger partial charge in [-0.25, -0.2) is 4.79 Å². The van der Waals surface area contributed by atoms with Gasteiger partial charge in [0.1, 0.15) is 5.75 Å². The molecule has 9 nitrogen and oxygen atoms in total. The average molecular weight is 569 g/mol. The normalized spacial score (nSPS) is 14.8. The van der Waals surface area contributed by atoms with Crippen LogP contribution < -0.4 is 15.4 Å². The largest absolute Gasteiger partial charge is 0.497 e. The quantitative estimate of drug-likeness (QED) is 0.264. The molecule has 3 N–H and O–H groups in total. The van der Waals surface area contributed by atoms with Gasteiger partial charge in [0.05, 0.1) is 25.8 Å². The second kappa shape index (κ2) is 13.0. The number of carbonyl (C=O) groups is 2. The molecule has 218 valence electrons. The second-order valence-corrected chi connectivity index (χ2v) is 10.6. The number of hydrogen-bond acceptors (Lipinski definition) is 7. The minimum atomic E-state index is -0.656. The van der Waals surface area contributed by atoms with Crippen molar-refractivity contribution < 1.29 is 24.2 Å². The highest BCUT2D eigenvalue weighted by Gasteiger charge is 2.24. The SMILES string of the molecule is COC(=O)Nc1ccc(-c2ccc(C(=O)NC3CCN(C[C@H](O)c4ccnc5ccc(OC)cc45)CC3)cc2)c(C)c1. The molecule has 0 saturated carbocycles. The molecule has 1 aliphatic rings. The van der Waals surface area contributed by atoms with Gasteiger partial charge in [0.25, 0.3) is 5.91 Å². The summed E-state index contributed by atoms with van der Waals surface area (Å²) in [4.78, 5) is 31.1. The van der Waals surface area contributed by atoms with E-state index in [0.717, 1.165) is 64.8 Å². The van der Waals surface area contributed by atoms with Crippen LogP contribution in [0.25, 0.3) is 22.0 Å². The third-order valence-corrected chi connectivity index (χ3v) is 7.81. The van der Waals surface area contributed by atoms with E-state index >= 15 is 0 Å². The standard InChI is InChI=1S/C33H36N4O5/c1-21-18-25(36-33(40)42-3)8-10-27(21)22-4-6-23(7-5-22)32(39)35-24-13-16-37(17-14-24)20-31(38)28-12-15-34-30-11-9-26(41-2)19-29(28)30/h4-12,15,18-19,24,31,38H,13-14,16-17,20H2,1-3H3,(H,35,39)(H,36,40)/t31-/m0/s1. The molecule has 1 atom stereocenters. The molecule has 1 aromatic heterocycles. The number of piperidine rings is 1. The number of pyridine rings is 1. The van der Waals surface area contributed by atoms with Gasteiger partial charge in [0, 0.05) is 48.5 Å². The summed E-state index contributed by atoms with van der Waals surface area (Å²) in [5.41, 5.74) is 5.93. The van der Waals surface area contributed by atoms with Crippen LogP contribution in [0.15, 0.2) is 72.9 Å². The molecule has 0 unspecified atom stereocenters. The number of likely N-dealkylation sites (tertiary alicyclic amines) is 1. The summed E-state index contributed by atoms with van der Waals surface area (Å²) in [5.74, 6) is 0.639. The number of β-amino-alcohol motifs (C(OH)–C–C–N with tert-alkyl or cyclic N) is 1. The van der Waals surface area contributed by atoms with Crippen LogP contribution in [0.1, 0.15) is 40.4 Å². The van der Waals surface area contributed by atoms with Crippen molar-refractivity contribution in [3.63, 3.8) is 0 Å². The number of aryl methyl sites for hydroxylation is 1. The highest BCUT2D eigenvalue weighted by molar-refractivity contribution is 5.95. The number of anilines is 1. The first kappa shape index (κ1) is 29.0. The van der Waals surface area contributed by atoms with Gasteiger partial charge in [-0.2, -0.15) is 0 Å². The number of hydrogen-bond donors (Lipinski definition) is 3. The molecule has 1 fully saturated rings. The lowest BCUT2D eigenvalue weighted by molar-refractivity contribution is 0.0831. The van der Waals surface area contributed by atoms with Gasteiger partial charge in [-0.3, -0.25) is 15.1 Å². The average Bonchev–Trinajstić information content (AvgIpc) is 3.01. The van der Waals surface area contributed by atoms with Gasteiger partial charge < -0.3 is 24.8 Å². The van der Waals surface area contributed by atoms with Gasteiger partial charge in [0.15, 0.2) is 0 Å². The number of methoxy groups -OCH3 is 2. The maximum Gasteiger partial charge on any atom is 0.411 e. The number of carbonyl (C=O) groups excluding carboxylic acids is 2. The topological polar surface area (TPSA) is 113 Å². The van der Waals surface area contributed by atoms with Gasteiger partial charge in [-0.15, -0.1) is 0 Å². The van der Waals surface area contributed by atoms with Gasteiger partial charge in [0.2, 0.25) is 0 Å². The van der Waals surface area contributed by atoms with Gasteiger partial charge in [-0.1, -0.05) is 18.2 Å². The molecule has 0 radical (unpaired) electrons. The Hall–Kier alpha value is -4.47. The van der Waals surface area contributed by atoms with Crippen molar-refractivity contribution >= 4 is 28.6 Å². The molecule has 0 spiro atoms. The molecule has 2 heterocycles. The van der Waals surface area contributed by atoms with Crippen LogP contribution in [0.2, 0.25) is 0 Å². The van der Waals surface area contributed by atoms with Gasteiger partial charge in [-0.05, 0) is 90.6 Å². The zero-order valence-electron chi connectivity index (χ0n) is 24.1. The molecule has 42 heavy (non-hydrogen) atoms. The molecule has 0 bridgehead atoms. The van der Waals surface area contributed by atoms with Crippen LogP contribution in [-0.2, 0) is 4.74 Å². The summed E-state index contributed by atoms with van der Waals surface area (Å²) < 4.78 is 10.0. The van der Waals surface area contributed by atoms with E-state index in [9.17, 15) is 14.7 Å². The first-order valence-electron chi connectivity index (χ1n) is 14.0. The van der Waals surface area contributed by atoms with E-state index in [4.69, 9.17) is 4.74 Å². The fraction of sp³-hybridized carbons (Fsp3) is 0.303. The number of fused-ring (bicyclic) bond motifs is 1. The van der Waals surface area contributed by atoms with E-state index in [1.165, 1.54) is 7.11 Å². The van der Waals surface area contributed by atoms with E-state index in [1.54, 1.807) is 13.3 Å². The first-order chi connectivity index (χ1) is 20.3. The Bertz CT molecular complexity index is 1570. The third-order valence-electron chi connectivity index (χ3n) is 7.81. The Morgan fingerprint density at radius 2 is 1.79 bits per heavy atom. The molecule has 2 amide bonds. The summed E-state index contributed by atoms with van der Waals surface area (Å²) in [6.07, 6.45) is 2.18. The number of aromatic nitrogens is 1. The smallest absolute Gasteiger partial charge is 0.411 e. The van der Waals surface area contributed by atoms with Crippen molar-refractivity contribution in [2.75, 3.05) is 39.2 Å². The van der Waals surface area contributed by atoms with E-state index in [0.29, 0.717) is 17.8 Å². The summed E-state index contributed by atoms with van der Waals surface area (Å²) in [7, 11) is 2.95. The first-order valence-corrected chi connectivity index (χ1v) is 14.0. The molecule has 1 aliphatic heterocycles. The summed E-state index contributed by atoms with van der Waals surface area (Å²) >= 11 is 0. The number of benzene rings is 3. The zero-order chi connectivity index (χ0) is 29.6. The van der Waals surface area contributed by atoms with Crippen LogP contribution in [0.5, 0.6) is 5.75 Å². The molecular weight excluding hydrogens is 532 g/mol. The van der Waals surface area contributed by atoms with Crippen molar-refractivity contribution in [1.82, 2.24) is 15.2 Å². The van der Waals surface area contributed by atoms with Crippen LogP contribution in [-0.4, -0.2) is 66.9 Å². The molecule has 9 heteroatoms. The number of nitrogens with zero attached hydrogens (tertiary/aromatic N) is 2. The molecule has 3 aromatic carbocycles. The van der Waals surface area contributed by atoms with Gasteiger partial charge >= 0.3 is 6.09 Å².